The van der Waals surface area contributed by atoms with Gasteiger partial charge in [-0.15, -0.1) is 0 Å². The first-order chi connectivity index (χ1) is 40.3. The average molecular weight is 1060 g/mol. The maximum atomic E-state index is 2.62. The average Bonchev–Trinajstić information content (AvgIpc) is 4.22. The summed E-state index contributed by atoms with van der Waals surface area (Å²) < 4.78 is 4.97. The number of rotatable bonds is 10. The number of benzene rings is 12. The van der Waals surface area contributed by atoms with Crippen LogP contribution in [0.25, 0.3) is 87.3 Å². The maximum Gasteiger partial charge on any atom is 0.0561 e. The third kappa shape index (κ3) is 7.64. The molecule has 0 amide bonds. The molecule has 2 aliphatic rings. The molecule has 2 heterocycles. The first-order valence-electron chi connectivity index (χ1n) is 30.1. The van der Waals surface area contributed by atoms with Gasteiger partial charge in [0.2, 0.25) is 0 Å². The Kier molecular flexibility index (Phi) is 11.5. The van der Waals surface area contributed by atoms with Crippen LogP contribution in [-0.2, 0) is 25.7 Å². The molecule has 12 aromatic carbocycles. The van der Waals surface area contributed by atoms with Gasteiger partial charge in [-0.25, -0.2) is 0 Å². The van der Waals surface area contributed by atoms with Gasteiger partial charge in [-0.05, 0) is 203 Å². The van der Waals surface area contributed by atoms with Gasteiger partial charge in [-0.1, -0.05) is 161 Å². The predicted octanol–water partition coefficient (Wildman–Crippen LogP) is 21.7. The van der Waals surface area contributed by atoms with Crippen LogP contribution in [0.1, 0.15) is 98.6 Å². The topological polar surface area (TPSA) is 16.3 Å². The molecule has 0 fully saturated rings. The largest absolute Gasteiger partial charge is 0.310 e. The van der Waals surface area contributed by atoms with E-state index in [0.717, 1.165) is 37.1 Å². The van der Waals surface area contributed by atoms with Crippen LogP contribution in [0.15, 0.2) is 218 Å². The minimum absolute atomic E-state index is 0.461. The lowest BCUT2D eigenvalue weighted by molar-refractivity contribution is 0.686. The Balaban J connectivity index is 0.930. The molecular formula is C78H66N4. The maximum absolute atomic E-state index is 2.62. The lowest BCUT2D eigenvalue weighted by atomic mass is 9.88. The molecule has 398 valence electrons. The molecule has 2 aliphatic carbocycles. The van der Waals surface area contributed by atoms with Gasteiger partial charge in [-0.2, -0.15) is 0 Å². The van der Waals surface area contributed by atoms with Crippen molar-refractivity contribution in [2.45, 2.75) is 90.9 Å². The first kappa shape index (κ1) is 48.8. The standard InChI is InChI=1S/C78H66N4/c1-49(2)51-27-35-57(36-28-51)79-71-23-11-9-21-63(71)65-43-39-59(47-75(65)79)81(69-25-13-17-53-15-5-7-19-61(53)69)73-45-33-55-32-42-68-74(46-34-56-31-41-67(73)77(55)78(56)68)82(70-26-14-18-54-16-6-8-20-62(54)70)60-40-44-66-64-22-10-12-24-72(64)80(76(66)48-60)58-37-29-52(30-38-58)50(3)4/h9-14,17-18,21-50H,5-8,15-16,19-20H2,1-4H3. The minimum Gasteiger partial charge on any atom is -0.310 e. The van der Waals surface area contributed by atoms with Crippen molar-refractivity contribution in [2.75, 3.05) is 9.80 Å². The van der Waals surface area contributed by atoms with E-state index in [1.54, 1.807) is 0 Å². The minimum atomic E-state index is 0.461. The van der Waals surface area contributed by atoms with Crippen molar-refractivity contribution in [1.29, 1.82) is 0 Å². The number of nitrogens with zero attached hydrogens (tertiary/aromatic N) is 4. The molecule has 0 aliphatic heterocycles. The van der Waals surface area contributed by atoms with Gasteiger partial charge in [0.25, 0.3) is 0 Å². The van der Waals surface area contributed by atoms with Crippen molar-refractivity contribution >= 4 is 110 Å². The summed E-state index contributed by atoms with van der Waals surface area (Å²) in [4.78, 5) is 5.24. The fraction of sp³-hybridized carbons (Fsp3) is 0.179. The highest BCUT2D eigenvalue weighted by molar-refractivity contribution is 6.28. The van der Waals surface area contributed by atoms with Crippen LogP contribution in [0.2, 0.25) is 0 Å². The Morgan fingerprint density at radius 1 is 0.317 bits per heavy atom. The van der Waals surface area contributed by atoms with E-state index in [2.05, 4.69) is 265 Å². The van der Waals surface area contributed by atoms with Crippen molar-refractivity contribution in [2.24, 2.45) is 0 Å². The molecule has 2 aromatic heterocycles. The first-order valence-corrected chi connectivity index (χ1v) is 30.1. The summed E-state index contributed by atoms with van der Waals surface area (Å²) in [5, 5.41) is 12.7. The molecule has 0 bridgehead atoms. The van der Waals surface area contributed by atoms with Gasteiger partial charge in [0.15, 0.2) is 0 Å². The molecule has 4 heteroatoms. The SMILES string of the molecule is CC(C)c1ccc(-n2c3ccccc3c3ccc(N(c4cccc5c4CCCC5)c4ccc5ccc6c(N(c7ccc8c9ccccc9n(-c9ccc(C(C)C)cc9)c8c7)c7cccc8c7CCCC8)ccc7ccc4c5c76)cc32)cc1. The zero-order valence-electron chi connectivity index (χ0n) is 47.4. The van der Waals surface area contributed by atoms with Crippen molar-refractivity contribution < 1.29 is 0 Å². The van der Waals surface area contributed by atoms with Gasteiger partial charge >= 0.3 is 0 Å². The molecule has 0 radical (unpaired) electrons. The molecular weight excluding hydrogens is 993 g/mol. The molecule has 0 unspecified atom stereocenters. The van der Waals surface area contributed by atoms with E-state index >= 15 is 0 Å². The second-order valence-corrected chi connectivity index (χ2v) is 24.1. The molecule has 0 N–H and O–H groups in total. The molecule has 82 heavy (non-hydrogen) atoms. The van der Waals surface area contributed by atoms with Crippen LogP contribution in [-0.4, -0.2) is 9.13 Å². The quantitative estimate of drug-likeness (QED) is 0.127. The normalized spacial score (nSPS) is 13.7. The Labute approximate surface area is 480 Å². The van der Waals surface area contributed by atoms with Gasteiger partial charge in [0, 0.05) is 66.4 Å². The van der Waals surface area contributed by atoms with Crippen molar-refractivity contribution in [1.82, 2.24) is 9.13 Å². The predicted molar refractivity (Wildman–Crippen MR) is 350 cm³/mol. The summed E-state index contributed by atoms with van der Waals surface area (Å²) in [5.41, 5.74) is 23.1. The third-order valence-corrected chi connectivity index (χ3v) is 18.8. The highest BCUT2D eigenvalue weighted by Crippen LogP contribution is 2.51. The van der Waals surface area contributed by atoms with Crippen LogP contribution in [0.5, 0.6) is 0 Å². The molecule has 16 rings (SSSR count). The lowest BCUT2D eigenvalue weighted by Gasteiger charge is -2.33. The summed E-state index contributed by atoms with van der Waals surface area (Å²) in [6, 6.07) is 84.2. The summed E-state index contributed by atoms with van der Waals surface area (Å²) in [6.07, 6.45) is 9.20. The molecule has 4 nitrogen and oxygen atoms in total. The van der Waals surface area contributed by atoms with Gasteiger partial charge < -0.3 is 18.9 Å². The highest BCUT2D eigenvalue weighted by Gasteiger charge is 2.28. The van der Waals surface area contributed by atoms with Gasteiger partial charge in [0.05, 0.1) is 33.4 Å². The van der Waals surface area contributed by atoms with E-state index in [4.69, 9.17) is 0 Å². The number of hydrogen-bond acceptors (Lipinski definition) is 2. The number of aromatic nitrogens is 2. The summed E-state index contributed by atoms with van der Waals surface area (Å²) in [7, 11) is 0. The zero-order chi connectivity index (χ0) is 54.7. The Morgan fingerprint density at radius 2 is 0.707 bits per heavy atom. The van der Waals surface area contributed by atoms with Crippen LogP contribution < -0.4 is 9.80 Å². The molecule has 0 spiro atoms. The fourth-order valence-corrected chi connectivity index (χ4v) is 14.7. The van der Waals surface area contributed by atoms with E-state index in [1.807, 2.05) is 0 Å². The van der Waals surface area contributed by atoms with Crippen molar-refractivity contribution in [3.05, 3.63) is 252 Å². The monoisotopic (exact) mass is 1060 g/mol. The van der Waals surface area contributed by atoms with E-state index in [0.29, 0.717) is 11.8 Å². The molecule has 0 saturated heterocycles. The van der Waals surface area contributed by atoms with E-state index in [1.165, 1.54) is 169 Å². The second kappa shape index (κ2) is 19.3. The Hall–Kier alpha value is -9.12. The summed E-state index contributed by atoms with van der Waals surface area (Å²) >= 11 is 0. The van der Waals surface area contributed by atoms with Crippen LogP contribution in [0, 0.1) is 0 Å². The van der Waals surface area contributed by atoms with Crippen LogP contribution in [0.3, 0.4) is 0 Å². The Bertz CT molecular complexity index is 4510. The van der Waals surface area contributed by atoms with Crippen LogP contribution >= 0.6 is 0 Å². The lowest BCUT2D eigenvalue weighted by Crippen LogP contribution is -2.16. The molecule has 0 saturated carbocycles. The van der Waals surface area contributed by atoms with Crippen molar-refractivity contribution in [3.63, 3.8) is 0 Å². The zero-order valence-corrected chi connectivity index (χ0v) is 47.4. The second-order valence-electron chi connectivity index (χ2n) is 24.1. The summed E-state index contributed by atoms with van der Waals surface area (Å²) in [5.74, 6) is 0.922. The highest BCUT2D eigenvalue weighted by atomic mass is 15.2. The van der Waals surface area contributed by atoms with E-state index < -0.39 is 0 Å². The number of para-hydroxylation sites is 2. The number of aryl methyl sites for hydroxylation is 2. The van der Waals surface area contributed by atoms with Gasteiger partial charge in [0.1, 0.15) is 0 Å². The molecule has 14 aromatic rings. The number of anilines is 6. The molecule has 0 atom stereocenters. The summed E-state index contributed by atoms with van der Waals surface area (Å²) in [6.45, 7) is 9.10. The van der Waals surface area contributed by atoms with E-state index in [9.17, 15) is 0 Å². The smallest absolute Gasteiger partial charge is 0.0561 e. The number of fused-ring (bicyclic) bond motifs is 8. The van der Waals surface area contributed by atoms with Crippen LogP contribution in [0.4, 0.5) is 34.1 Å². The fourth-order valence-electron chi connectivity index (χ4n) is 14.7. The van der Waals surface area contributed by atoms with Gasteiger partial charge in [-0.3, -0.25) is 0 Å². The number of hydrogen-bond donors (Lipinski definition) is 0. The Morgan fingerprint density at radius 3 is 1.15 bits per heavy atom. The van der Waals surface area contributed by atoms with E-state index in [-0.39, 0.29) is 0 Å². The third-order valence-electron chi connectivity index (χ3n) is 18.8. The van der Waals surface area contributed by atoms with Crippen molar-refractivity contribution in [3.8, 4) is 11.4 Å².